The second-order valence-corrected chi connectivity index (χ2v) is 6.61. The first-order valence-electron chi connectivity index (χ1n) is 7.30. The molecule has 1 N–H and O–H groups in total. The van der Waals surface area contributed by atoms with Gasteiger partial charge < -0.3 is 10.1 Å². The Hall–Kier alpha value is -1.86. The summed E-state index contributed by atoms with van der Waals surface area (Å²) < 4.78 is 41.6. The normalized spacial score (nSPS) is 11.2. The SMILES string of the molecule is O=C(CCSc1ccccc1)Nc1cc(Cl)ccc1OCC(F)(F)F. The van der Waals surface area contributed by atoms with E-state index in [4.69, 9.17) is 16.3 Å². The average molecular weight is 390 g/mol. The lowest BCUT2D eigenvalue weighted by Crippen LogP contribution is -2.20. The van der Waals surface area contributed by atoms with Gasteiger partial charge in [0.2, 0.25) is 5.91 Å². The third-order valence-electron chi connectivity index (χ3n) is 2.95. The lowest BCUT2D eigenvalue weighted by molar-refractivity contribution is -0.153. The molecule has 1 amide bonds. The van der Waals surface area contributed by atoms with E-state index in [1.54, 1.807) is 0 Å². The Morgan fingerprint density at radius 2 is 1.88 bits per heavy atom. The molecule has 2 aromatic carbocycles. The number of carbonyl (C=O) groups excluding carboxylic acids is 1. The summed E-state index contributed by atoms with van der Waals surface area (Å²) in [5, 5.41) is 2.83. The van der Waals surface area contributed by atoms with Gasteiger partial charge in [0, 0.05) is 22.1 Å². The van der Waals surface area contributed by atoms with Gasteiger partial charge in [-0.2, -0.15) is 13.2 Å². The molecule has 0 fully saturated rings. The molecule has 2 rings (SSSR count). The van der Waals surface area contributed by atoms with Crippen LogP contribution in [0, 0.1) is 0 Å². The summed E-state index contributed by atoms with van der Waals surface area (Å²) in [4.78, 5) is 13.1. The van der Waals surface area contributed by atoms with Crippen LogP contribution in [0.15, 0.2) is 53.4 Å². The Balaban J connectivity index is 1.91. The Labute approximate surface area is 152 Å². The van der Waals surface area contributed by atoms with Crippen LogP contribution in [0.2, 0.25) is 5.02 Å². The van der Waals surface area contributed by atoms with Crippen molar-refractivity contribution in [3.63, 3.8) is 0 Å². The quantitative estimate of drug-likeness (QED) is 0.644. The molecular formula is C17H15ClF3NO2S. The number of carbonyl (C=O) groups is 1. The number of alkyl halides is 3. The molecule has 0 aliphatic carbocycles. The van der Waals surface area contributed by atoms with Crippen molar-refractivity contribution in [2.45, 2.75) is 17.5 Å². The molecule has 0 radical (unpaired) electrons. The van der Waals surface area contributed by atoms with E-state index in [1.165, 1.54) is 30.0 Å². The predicted molar refractivity (Wildman–Crippen MR) is 93.4 cm³/mol. The van der Waals surface area contributed by atoms with E-state index < -0.39 is 12.8 Å². The minimum atomic E-state index is -4.47. The molecule has 8 heteroatoms. The van der Waals surface area contributed by atoms with Gasteiger partial charge in [0.25, 0.3) is 0 Å². The highest BCUT2D eigenvalue weighted by atomic mass is 35.5. The van der Waals surface area contributed by atoms with Crippen molar-refractivity contribution < 1.29 is 22.7 Å². The van der Waals surface area contributed by atoms with Crippen LogP contribution in [-0.4, -0.2) is 24.4 Å². The van der Waals surface area contributed by atoms with E-state index in [1.807, 2.05) is 30.3 Å². The zero-order valence-electron chi connectivity index (χ0n) is 13.0. The minimum absolute atomic E-state index is 0.0780. The maximum absolute atomic E-state index is 12.3. The predicted octanol–water partition coefficient (Wildman–Crippen LogP) is 5.40. The number of halogens is 4. The Bertz CT molecular complexity index is 711. The number of amides is 1. The molecule has 134 valence electrons. The van der Waals surface area contributed by atoms with Gasteiger partial charge >= 0.3 is 6.18 Å². The Morgan fingerprint density at radius 3 is 2.56 bits per heavy atom. The standard InChI is InChI=1S/C17H15ClF3NO2S/c18-12-6-7-15(24-11-17(19,20)21)14(10-12)22-16(23)8-9-25-13-4-2-1-3-5-13/h1-7,10H,8-9,11H2,(H,22,23). The number of ether oxygens (including phenoxy) is 1. The fourth-order valence-corrected chi connectivity index (χ4v) is 2.92. The number of thioether (sulfide) groups is 1. The average Bonchev–Trinajstić information content (AvgIpc) is 2.54. The first-order valence-corrected chi connectivity index (χ1v) is 8.67. The number of nitrogens with one attached hydrogen (secondary N) is 1. The monoisotopic (exact) mass is 389 g/mol. The molecule has 3 nitrogen and oxygen atoms in total. The van der Waals surface area contributed by atoms with Gasteiger partial charge in [-0.15, -0.1) is 11.8 Å². The molecule has 0 spiro atoms. The van der Waals surface area contributed by atoms with Gasteiger partial charge in [-0.3, -0.25) is 4.79 Å². The molecule has 0 saturated heterocycles. The van der Waals surface area contributed by atoms with Crippen LogP contribution in [0.25, 0.3) is 0 Å². The van der Waals surface area contributed by atoms with Crippen LogP contribution in [-0.2, 0) is 4.79 Å². The smallest absolute Gasteiger partial charge is 0.422 e. The van der Waals surface area contributed by atoms with Crippen LogP contribution in [0.1, 0.15) is 6.42 Å². The maximum Gasteiger partial charge on any atom is 0.422 e. The van der Waals surface area contributed by atoms with Crippen LogP contribution in [0.4, 0.5) is 18.9 Å². The number of benzene rings is 2. The Kier molecular flexibility index (Phi) is 7.01. The molecule has 0 heterocycles. The third kappa shape index (κ3) is 7.27. The van der Waals surface area contributed by atoms with E-state index in [2.05, 4.69) is 5.32 Å². The Morgan fingerprint density at radius 1 is 1.16 bits per heavy atom. The van der Waals surface area contributed by atoms with Crippen LogP contribution in [0.3, 0.4) is 0 Å². The van der Waals surface area contributed by atoms with E-state index in [0.717, 1.165) is 4.90 Å². The van der Waals surface area contributed by atoms with Crippen molar-refractivity contribution in [3.05, 3.63) is 53.6 Å². The maximum atomic E-state index is 12.3. The summed E-state index contributed by atoms with van der Waals surface area (Å²) in [6, 6.07) is 13.6. The first-order chi connectivity index (χ1) is 11.8. The van der Waals surface area contributed by atoms with E-state index in [-0.39, 0.29) is 28.8 Å². The molecule has 0 bridgehead atoms. The topological polar surface area (TPSA) is 38.3 Å². The number of hydrogen-bond donors (Lipinski definition) is 1. The number of hydrogen-bond acceptors (Lipinski definition) is 3. The molecular weight excluding hydrogens is 375 g/mol. The third-order valence-corrected chi connectivity index (χ3v) is 4.20. The van der Waals surface area contributed by atoms with Crippen LogP contribution in [0.5, 0.6) is 5.75 Å². The molecule has 0 aliphatic rings. The van der Waals surface area contributed by atoms with Gasteiger partial charge in [0.15, 0.2) is 6.61 Å². The molecule has 0 atom stereocenters. The van der Waals surface area contributed by atoms with Gasteiger partial charge in [-0.1, -0.05) is 29.8 Å². The zero-order chi connectivity index (χ0) is 18.3. The lowest BCUT2D eigenvalue weighted by Gasteiger charge is -2.14. The van der Waals surface area contributed by atoms with Gasteiger partial charge in [0.05, 0.1) is 5.69 Å². The van der Waals surface area contributed by atoms with E-state index in [9.17, 15) is 18.0 Å². The molecule has 2 aromatic rings. The highest BCUT2D eigenvalue weighted by Crippen LogP contribution is 2.30. The highest BCUT2D eigenvalue weighted by Gasteiger charge is 2.29. The molecule has 0 saturated carbocycles. The summed E-state index contributed by atoms with van der Waals surface area (Å²) >= 11 is 7.35. The number of rotatable bonds is 7. The van der Waals surface area contributed by atoms with Crippen molar-refractivity contribution in [3.8, 4) is 5.75 Å². The second-order valence-electron chi connectivity index (χ2n) is 5.00. The first kappa shape index (κ1) is 19.5. The summed E-state index contributed by atoms with van der Waals surface area (Å²) in [5.41, 5.74) is 0.117. The van der Waals surface area contributed by atoms with Gasteiger partial charge in [0.1, 0.15) is 5.75 Å². The highest BCUT2D eigenvalue weighted by molar-refractivity contribution is 7.99. The molecule has 0 unspecified atom stereocenters. The fourth-order valence-electron chi connectivity index (χ4n) is 1.88. The lowest BCUT2D eigenvalue weighted by atomic mass is 10.3. The van der Waals surface area contributed by atoms with Crippen LogP contribution >= 0.6 is 23.4 Å². The van der Waals surface area contributed by atoms with Crippen molar-refractivity contribution in [1.82, 2.24) is 0 Å². The van der Waals surface area contributed by atoms with E-state index in [0.29, 0.717) is 5.75 Å². The van der Waals surface area contributed by atoms with Crippen molar-refractivity contribution in [2.24, 2.45) is 0 Å². The molecule has 0 aromatic heterocycles. The fraction of sp³-hybridized carbons (Fsp3) is 0.235. The van der Waals surface area contributed by atoms with Gasteiger partial charge in [-0.25, -0.2) is 0 Å². The molecule has 25 heavy (non-hydrogen) atoms. The second kappa shape index (κ2) is 9.01. The van der Waals surface area contributed by atoms with Crippen molar-refractivity contribution in [2.75, 3.05) is 17.7 Å². The molecule has 0 aliphatic heterocycles. The van der Waals surface area contributed by atoms with Crippen LogP contribution < -0.4 is 10.1 Å². The largest absolute Gasteiger partial charge is 0.482 e. The summed E-state index contributed by atoms with van der Waals surface area (Å²) in [5.74, 6) is 0.128. The number of anilines is 1. The summed E-state index contributed by atoms with van der Waals surface area (Å²) in [6.07, 6.45) is -4.27. The van der Waals surface area contributed by atoms with Gasteiger partial charge in [-0.05, 0) is 30.3 Å². The van der Waals surface area contributed by atoms with E-state index >= 15 is 0 Å². The summed E-state index contributed by atoms with van der Waals surface area (Å²) in [7, 11) is 0. The van der Waals surface area contributed by atoms with Crippen molar-refractivity contribution >= 4 is 35.0 Å². The van der Waals surface area contributed by atoms with Crippen molar-refractivity contribution in [1.29, 1.82) is 0 Å². The minimum Gasteiger partial charge on any atom is -0.482 e. The zero-order valence-corrected chi connectivity index (χ0v) is 14.5. The summed E-state index contributed by atoms with van der Waals surface area (Å²) in [6.45, 7) is -1.44.